The van der Waals surface area contributed by atoms with Gasteiger partial charge in [-0.2, -0.15) is 0 Å². The second-order valence-corrected chi connectivity index (χ2v) is 7.90. The molecule has 0 radical (unpaired) electrons. The summed E-state index contributed by atoms with van der Waals surface area (Å²) in [5, 5.41) is 9.97. The van der Waals surface area contributed by atoms with Gasteiger partial charge in [-0.3, -0.25) is 4.79 Å². The molecule has 0 aromatic carbocycles. The molecular weight excluding hydrogens is 316 g/mol. The number of aliphatic hydroxyl groups is 1. The van der Waals surface area contributed by atoms with Gasteiger partial charge in [-0.25, -0.2) is 9.97 Å². The Labute approximate surface area is 147 Å². The third-order valence-electron chi connectivity index (χ3n) is 5.59. The summed E-state index contributed by atoms with van der Waals surface area (Å²) < 4.78 is 2.34. The molecule has 1 saturated carbocycles. The molecule has 2 aromatic rings. The number of aromatic nitrogens is 3. The first-order valence-corrected chi connectivity index (χ1v) is 9.30. The Bertz CT molecular complexity index is 780. The number of nitrogens with zero attached hydrogens (tertiary/aromatic N) is 4. The summed E-state index contributed by atoms with van der Waals surface area (Å²) >= 11 is 0. The second-order valence-electron chi connectivity index (χ2n) is 7.90. The van der Waals surface area contributed by atoms with E-state index < -0.39 is 5.60 Å². The molecule has 25 heavy (non-hydrogen) atoms. The van der Waals surface area contributed by atoms with E-state index in [2.05, 4.69) is 9.55 Å². The zero-order valence-corrected chi connectivity index (χ0v) is 15.0. The van der Waals surface area contributed by atoms with Crippen molar-refractivity contribution < 1.29 is 9.90 Å². The van der Waals surface area contributed by atoms with Crippen LogP contribution >= 0.6 is 0 Å². The molecule has 2 aromatic heterocycles. The van der Waals surface area contributed by atoms with Crippen molar-refractivity contribution in [3.05, 3.63) is 24.2 Å². The minimum absolute atomic E-state index is 0.182. The topological polar surface area (TPSA) is 71.2 Å². The van der Waals surface area contributed by atoms with E-state index in [1.807, 2.05) is 18.3 Å². The molecule has 0 bridgehead atoms. The maximum atomic E-state index is 12.3. The van der Waals surface area contributed by atoms with Gasteiger partial charge in [0.2, 0.25) is 0 Å². The molecule has 0 unspecified atom stereocenters. The zero-order chi connectivity index (χ0) is 17.6. The number of likely N-dealkylation sites (tertiary alicyclic amines) is 1. The molecule has 3 heterocycles. The number of hydrogen-bond acceptors (Lipinski definition) is 4. The highest BCUT2D eigenvalue weighted by Crippen LogP contribution is 2.39. The SMILES string of the molecule is CC(C)(O)C(=O)N1CCC(n2c(C3CCC3)nc3cccnc32)CC1. The maximum absolute atomic E-state index is 12.3. The molecule has 1 aliphatic carbocycles. The number of piperidine rings is 1. The fourth-order valence-corrected chi connectivity index (χ4v) is 3.98. The van der Waals surface area contributed by atoms with Gasteiger partial charge >= 0.3 is 0 Å². The van der Waals surface area contributed by atoms with Gasteiger partial charge in [0.1, 0.15) is 16.9 Å². The van der Waals surface area contributed by atoms with E-state index >= 15 is 0 Å². The minimum Gasteiger partial charge on any atom is -0.381 e. The van der Waals surface area contributed by atoms with Crippen LogP contribution in [0.4, 0.5) is 0 Å². The van der Waals surface area contributed by atoms with E-state index in [9.17, 15) is 9.90 Å². The van der Waals surface area contributed by atoms with E-state index in [0.29, 0.717) is 25.0 Å². The van der Waals surface area contributed by atoms with Crippen molar-refractivity contribution in [3.8, 4) is 0 Å². The summed E-state index contributed by atoms with van der Waals surface area (Å²) in [4.78, 5) is 23.6. The molecule has 134 valence electrons. The third kappa shape index (κ3) is 2.92. The molecule has 6 heteroatoms. The van der Waals surface area contributed by atoms with Crippen molar-refractivity contribution in [1.82, 2.24) is 19.4 Å². The number of rotatable bonds is 3. The first-order chi connectivity index (χ1) is 11.9. The van der Waals surface area contributed by atoms with E-state index in [0.717, 1.165) is 24.0 Å². The van der Waals surface area contributed by atoms with E-state index in [-0.39, 0.29) is 5.91 Å². The zero-order valence-electron chi connectivity index (χ0n) is 15.0. The van der Waals surface area contributed by atoms with Gasteiger partial charge in [0, 0.05) is 31.2 Å². The molecular formula is C19H26N4O2. The number of imidazole rings is 1. The Hall–Kier alpha value is -1.95. The number of fused-ring (bicyclic) bond motifs is 1. The summed E-state index contributed by atoms with van der Waals surface area (Å²) in [5.74, 6) is 1.54. The molecule has 0 atom stereocenters. The van der Waals surface area contributed by atoms with Crippen LogP contribution in [0, 0.1) is 0 Å². The van der Waals surface area contributed by atoms with Crippen LogP contribution in [0.3, 0.4) is 0 Å². The van der Waals surface area contributed by atoms with Crippen LogP contribution in [0.5, 0.6) is 0 Å². The predicted molar refractivity (Wildman–Crippen MR) is 95.3 cm³/mol. The van der Waals surface area contributed by atoms with Crippen LogP contribution in [0.15, 0.2) is 18.3 Å². The molecule has 4 rings (SSSR count). The largest absolute Gasteiger partial charge is 0.381 e. The maximum Gasteiger partial charge on any atom is 0.253 e. The van der Waals surface area contributed by atoms with Crippen LogP contribution in [0.2, 0.25) is 0 Å². The minimum atomic E-state index is -1.30. The van der Waals surface area contributed by atoms with Crippen molar-refractivity contribution in [2.24, 2.45) is 0 Å². The number of pyridine rings is 1. The lowest BCUT2D eigenvalue weighted by molar-refractivity contribution is -0.149. The average molecular weight is 342 g/mol. The van der Waals surface area contributed by atoms with Gasteiger partial charge in [-0.15, -0.1) is 0 Å². The molecule has 1 amide bonds. The Morgan fingerprint density at radius 2 is 1.96 bits per heavy atom. The fraction of sp³-hybridized carbons (Fsp3) is 0.632. The lowest BCUT2D eigenvalue weighted by Crippen LogP contribution is -2.48. The highest BCUT2D eigenvalue weighted by Gasteiger charge is 2.35. The molecule has 1 aliphatic heterocycles. The first-order valence-electron chi connectivity index (χ1n) is 9.30. The van der Waals surface area contributed by atoms with E-state index in [1.165, 1.54) is 25.1 Å². The Morgan fingerprint density at radius 1 is 1.24 bits per heavy atom. The van der Waals surface area contributed by atoms with Crippen molar-refractivity contribution >= 4 is 17.1 Å². The van der Waals surface area contributed by atoms with Crippen LogP contribution in [-0.4, -0.2) is 49.1 Å². The second kappa shape index (κ2) is 6.09. The van der Waals surface area contributed by atoms with Crippen LogP contribution < -0.4 is 0 Å². The van der Waals surface area contributed by atoms with Gasteiger partial charge in [0.15, 0.2) is 5.65 Å². The van der Waals surface area contributed by atoms with Crippen molar-refractivity contribution in [1.29, 1.82) is 0 Å². The molecule has 2 aliphatic rings. The molecule has 1 saturated heterocycles. The van der Waals surface area contributed by atoms with Gasteiger partial charge in [0.05, 0.1) is 0 Å². The van der Waals surface area contributed by atoms with Crippen molar-refractivity contribution in [2.45, 2.75) is 63.5 Å². The lowest BCUT2D eigenvalue weighted by Gasteiger charge is -2.37. The summed E-state index contributed by atoms with van der Waals surface area (Å²) in [6.45, 7) is 4.46. The smallest absolute Gasteiger partial charge is 0.253 e. The van der Waals surface area contributed by atoms with Crippen LogP contribution in [0.1, 0.15) is 63.7 Å². The summed E-state index contributed by atoms with van der Waals surface area (Å²) in [5.41, 5.74) is 0.642. The Balaban J connectivity index is 1.60. The fourth-order valence-electron chi connectivity index (χ4n) is 3.98. The highest BCUT2D eigenvalue weighted by molar-refractivity contribution is 5.84. The number of carbonyl (C=O) groups is 1. The summed E-state index contributed by atoms with van der Waals surface area (Å²) in [7, 11) is 0. The highest BCUT2D eigenvalue weighted by atomic mass is 16.3. The summed E-state index contributed by atoms with van der Waals surface area (Å²) in [6.07, 6.45) is 7.28. The average Bonchev–Trinajstić information content (AvgIpc) is 2.90. The molecule has 6 nitrogen and oxygen atoms in total. The summed E-state index contributed by atoms with van der Waals surface area (Å²) in [6, 6.07) is 4.30. The Kier molecular flexibility index (Phi) is 4.02. The van der Waals surface area contributed by atoms with E-state index in [4.69, 9.17) is 4.98 Å². The van der Waals surface area contributed by atoms with Crippen LogP contribution in [0.25, 0.3) is 11.2 Å². The monoisotopic (exact) mass is 342 g/mol. The van der Waals surface area contributed by atoms with Gasteiger partial charge < -0.3 is 14.6 Å². The van der Waals surface area contributed by atoms with Gasteiger partial charge in [-0.1, -0.05) is 6.42 Å². The quantitative estimate of drug-likeness (QED) is 0.931. The molecule has 0 spiro atoms. The number of amides is 1. The first kappa shape index (κ1) is 16.5. The number of hydrogen-bond donors (Lipinski definition) is 1. The van der Waals surface area contributed by atoms with Gasteiger partial charge in [0.25, 0.3) is 5.91 Å². The van der Waals surface area contributed by atoms with Gasteiger partial charge in [-0.05, 0) is 51.7 Å². The standard InChI is InChI=1S/C19H26N4O2/c1-19(2,25)18(24)22-11-8-14(9-12-22)23-16(13-5-3-6-13)21-15-7-4-10-20-17(15)23/h4,7,10,13-14,25H,3,5-6,8-9,11-12H2,1-2H3. The number of carbonyl (C=O) groups excluding carboxylic acids is 1. The predicted octanol–water partition coefficient (Wildman–Crippen LogP) is 2.63. The van der Waals surface area contributed by atoms with Crippen molar-refractivity contribution in [3.63, 3.8) is 0 Å². The van der Waals surface area contributed by atoms with E-state index in [1.54, 1.807) is 18.7 Å². The lowest BCUT2D eigenvalue weighted by atomic mass is 9.84. The normalized spacial score (nSPS) is 20.0. The Morgan fingerprint density at radius 3 is 2.56 bits per heavy atom. The van der Waals surface area contributed by atoms with Crippen LogP contribution in [-0.2, 0) is 4.79 Å². The van der Waals surface area contributed by atoms with Crippen molar-refractivity contribution in [2.75, 3.05) is 13.1 Å². The molecule has 1 N–H and O–H groups in total. The molecule has 2 fully saturated rings. The third-order valence-corrected chi connectivity index (χ3v) is 5.59.